The van der Waals surface area contributed by atoms with Crippen LogP contribution < -0.4 is 0 Å². The highest BCUT2D eigenvalue weighted by molar-refractivity contribution is 6.40. The third kappa shape index (κ3) is 4.28. The normalized spacial score (nSPS) is 18.8. The summed E-state index contributed by atoms with van der Waals surface area (Å²) < 4.78 is 5.87. The first-order chi connectivity index (χ1) is 14.3. The maximum atomic E-state index is 12.7. The lowest BCUT2D eigenvalue weighted by Gasteiger charge is -2.31. The van der Waals surface area contributed by atoms with Crippen LogP contribution in [0, 0.1) is 5.92 Å². The molecule has 1 aliphatic carbocycles. The molecule has 0 aliphatic heterocycles. The van der Waals surface area contributed by atoms with Crippen molar-refractivity contribution in [1.82, 2.24) is 0 Å². The fourth-order valence-corrected chi connectivity index (χ4v) is 4.32. The summed E-state index contributed by atoms with van der Waals surface area (Å²) in [4.78, 5) is 16.0. The number of fused-ring (bicyclic) bond motifs is 1. The van der Waals surface area contributed by atoms with E-state index < -0.39 is 5.97 Å². The Morgan fingerprint density at radius 3 is 2.48 bits per heavy atom. The van der Waals surface area contributed by atoms with Gasteiger partial charge in [-0.1, -0.05) is 67.1 Å². The number of nitrogens with zero attached hydrogens (tertiary/aromatic N) is 2. The van der Waals surface area contributed by atoms with Gasteiger partial charge in [0.2, 0.25) is 0 Å². The van der Waals surface area contributed by atoms with Gasteiger partial charge in [0.25, 0.3) is 0 Å². The fraction of sp³-hybridized carbons (Fsp3) is 0.280. The quantitative estimate of drug-likeness (QED) is 0.263. The molecule has 0 bridgehead atoms. The minimum absolute atomic E-state index is 0.0416. The number of carbonyl (C=O) groups excluding carboxylic acids is 1. The molecule has 4 nitrogen and oxygen atoms in total. The van der Waals surface area contributed by atoms with Crippen LogP contribution in [-0.2, 0) is 16.0 Å². The molecule has 0 spiro atoms. The Morgan fingerprint density at radius 1 is 0.931 bits per heavy atom. The van der Waals surface area contributed by atoms with Crippen molar-refractivity contribution in [3.8, 4) is 0 Å². The monoisotopic (exact) mass is 384 g/mol. The lowest BCUT2D eigenvalue weighted by molar-refractivity contribution is -0.149. The van der Waals surface area contributed by atoms with Gasteiger partial charge >= 0.3 is 11.7 Å². The molecule has 0 amide bonds. The van der Waals surface area contributed by atoms with E-state index in [0.29, 0.717) is 5.56 Å². The highest BCUT2D eigenvalue weighted by Gasteiger charge is 2.33. The summed E-state index contributed by atoms with van der Waals surface area (Å²) in [6.07, 6.45) is 4.75. The number of carbonyl (C=O) groups is 1. The molecule has 1 fully saturated rings. The molecule has 0 heterocycles. The summed E-state index contributed by atoms with van der Waals surface area (Å²) in [5.41, 5.74) is 11.2. The van der Waals surface area contributed by atoms with Crippen molar-refractivity contribution >= 4 is 22.5 Å². The van der Waals surface area contributed by atoms with E-state index in [4.69, 9.17) is 4.74 Å². The van der Waals surface area contributed by atoms with E-state index in [1.165, 1.54) is 16.3 Å². The van der Waals surface area contributed by atoms with Gasteiger partial charge in [0, 0.05) is 5.92 Å². The number of hydrogen-bond donors (Lipinski definition) is 0. The van der Waals surface area contributed by atoms with E-state index in [1.807, 2.05) is 6.07 Å². The van der Waals surface area contributed by atoms with Crippen molar-refractivity contribution < 1.29 is 14.3 Å². The molecule has 1 saturated carbocycles. The van der Waals surface area contributed by atoms with E-state index in [-0.39, 0.29) is 17.7 Å². The largest absolute Gasteiger partial charge is 0.453 e. The van der Waals surface area contributed by atoms with E-state index >= 15 is 0 Å². The maximum Gasteiger partial charge on any atom is 0.422 e. The van der Waals surface area contributed by atoms with Crippen molar-refractivity contribution in [3.05, 3.63) is 89.5 Å². The maximum absolute atomic E-state index is 12.7. The lowest BCUT2D eigenvalue weighted by atomic mass is 9.81. The zero-order valence-electron chi connectivity index (χ0n) is 16.3. The van der Waals surface area contributed by atoms with Crippen LogP contribution in [0.3, 0.4) is 0 Å². The topological polar surface area (TPSA) is 62.7 Å². The Bertz CT molecular complexity index is 1050. The predicted octanol–water partition coefficient (Wildman–Crippen LogP) is 5.20. The van der Waals surface area contributed by atoms with Gasteiger partial charge in [0.15, 0.2) is 0 Å². The first kappa shape index (κ1) is 19.1. The zero-order valence-corrected chi connectivity index (χ0v) is 16.3. The number of rotatable bonds is 5. The third-order valence-electron chi connectivity index (χ3n) is 5.80. The average molecular weight is 384 g/mol. The van der Waals surface area contributed by atoms with E-state index in [9.17, 15) is 10.3 Å². The summed E-state index contributed by atoms with van der Waals surface area (Å²) in [6, 6.07) is 23.7. The van der Waals surface area contributed by atoms with Crippen LogP contribution in [0.5, 0.6) is 0 Å². The highest BCUT2D eigenvalue weighted by Crippen LogP contribution is 2.32. The van der Waals surface area contributed by atoms with Gasteiger partial charge in [-0.05, 0) is 54.2 Å². The van der Waals surface area contributed by atoms with Crippen molar-refractivity contribution in [3.63, 3.8) is 0 Å². The van der Waals surface area contributed by atoms with Gasteiger partial charge in [0.1, 0.15) is 6.10 Å². The van der Waals surface area contributed by atoms with Crippen LogP contribution in [-0.4, -0.2) is 22.6 Å². The van der Waals surface area contributed by atoms with E-state index in [1.54, 1.807) is 24.3 Å². The Kier molecular flexibility index (Phi) is 5.83. The van der Waals surface area contributed by atoms with Crippen molar-refractivity contribution in [2.24, 2.45) is 5.92 Å². The van der Waals surface area contributed by atoms with Gasteiger partial charge in [-0.3, -0.25) is 0 Å². The average Bonchev–Trinajstić information content (AvgIpc) is 2.77. The molecule has 4 rings (SSSR count). The minimum atomic E-state index is -0.562. The van der Waals surface area contributed by atoms with Crippen LogP contribution >= 0.6 is 0 Å². The van der Waals surface area contributed by atoms with Crippen LogP contribution in [0.2, 0.25) is 0 Å². The Labute approximate surface area is 170 Å². The molecule has 0 unspecified atom stereocenters. The molecule has 0 aromatic heterocycles. The molecule has 3 aromatic rings. The summed E-state index contributed by atoms with van der Waals surface area (Å²) in [5.74, 6) is -0.303. The van der Waals surface area contributed by atoms with Crippen LogP contribution in [0.1, 0.15) is 36.8 Å². The van der Waals surface area contributed by atoms with Crippen LogP contribution in [0.4, 0.5) is 0 Å². The molecule has 0 saturated heterocycles. The molecule has 0 radical (unpaired) electrons. The van der Waals surface area contributed by atoms with Gasteiger partial charge in [0.05, 0.1) is 5.56 Å². The van der Waals surface area contributed by atoms with Gasteiger partial charge in [-0.15, -0.1) is 0 Å². The van der Waals surface area contributed by atoms with Gasteiger partial charge in [-0.2, -0.15) is 4.79 Å². The molecule has 2 atom stereocenters. The first-order valence-electron chi connectivity index (χ1n) is 10.2. The Balaban J connectivity index is 1.53. The number of ether oxygens (including phenoxy) is 1. The second-order valence-electron chi connectivity index (χ2n) is 7.65. The molecule has 3 aromatic carbocycles. The molecular formula is C25H24N2O2. The van der Waals surface area contributed by atoms with Crippen LogP contribution in [0.25, 0.3) is 16.3 Å². The fourth-order valence-electron chi connectivity index (χ4n) is 4.32. The van der Waals surface area contributed by atoms with E-state index in [2.05, 4.69) is 47.3 Å². The first-order valence-corrected chi connectivity index (χ1v) is 10.2. The summed E-state index contributed by atoms with van der Waals surface area (Å²) in [5, 5.41) is 2.49. The summed E-state index contributed by atoms with van der Waals surface area (Å²) in [7, 11) is 0. The standard InChI is InChI=1S/C25H24N2O2/c26-27-24(19-10-2-1-3-11-19)25(28)29-23-16-7-5-12-21(23)17-20-14-8-13-18-9-4-6-15-22(18)20/h1-4,6,8-11,13-15,21,23H,5,7,12,16-17H2/t21-,23+/m0/s1. The van der Waals surface area contributed by atoms with Crippen molar-refractivity contribution in [2.75, 3.05) is 0 Å². The number of hydrogen-bond acceptors (Lipinski definition) is 2. The van der Waals surface area contributed by atoms with Gasteiger partial charge in [-0.25, -0.2) is 4.79 Å². The molecular weight excluding hydrogens is 360 g/mol. The highest BCUT2D eigenvalue weighted by atomic mass is 16.5. The van der Waals surface area contributed by atoms with E-state index in [0.717, 1.165) is 32.1 Å². The lowest BCUT2D eigenvalue weighted by Crippen LogP contribution is -2.34. The second kappa shape index (κ2) is 8.85. The molecule has 4 heteroatoms. The smallest absolute Gasteiger partial charge is 0.422 e. The predicted molar refractivity (Wildman–Crippen MR) is 114 cm³/mol. The summed E-state index contributed by atoms with van der Waals surface area (Å²) in [6.45, 7) is 0. The minimum Gasteiger partial charge on any atom is -0.453 e. The second-order valence-corrected chi connectivity index (χ2v) is 7.65. The SMILES string of the molecule is [N-]=[N+]=C(C(=O)O[C@@H]1CCCC[C@H]1Cc1cccc2ccccc12)c1ccccc1. The van der Waals surface area contributed by atoms with Crippen molar-refractivity contribution in [1.29, 1.82) is 0 Å². The Morgan fingerprint density at radius 2 is 1.66 bits per heavy atom. The summed E-state index contributed by atoms with van der Waals surface area (Å²) >= 11 is 0. The molecule has 29 heavy (non-hydrogen) atoms. The van der Waals surface area contributed by atoms with Gasteiger partial charge < -0.3 is 10.3 Å². The molecule has 1 aliphatic rings. The molecule has 0 N–H and O–H groups in total. The number of esters is 1. The van der Waals surface area contributed by atoms with Crippen molar-refractivity contribution in [2.45, 2.75) is 38.2 Å². The molecule has 146 valence electrons. The Hall–Kier alpha value is -3.23. The van der Waals surface area contributed by atoms with Crippen LogP contribution in [0.15, 0.2) is 72.8 Å². The number of benzene rings is 3. The zero-order chi connectivity index (χ0) is 20.1. The third-order valence-corrected chi connectivity index (χ3v) is 5.80.